The number of fused-ring (bicyclic) bond motifs is 1. The molecular formula is C13H17N3. The molecule has 0 atom stereocenters. The van der Waals surface area contributed by atoms with Crippen LogP contribution in [0.15, 0.2) is 24.5 Å². The fraction of sp³-hybridized carbons (Fsp3) is 0.385. The zero-order chi connectivity index (χ0) is 11.8. The van der Waals surface area contributed by atoms with E-state index in [0.29, 0.717) is 0 Å². The minimum Gasteiger partial charge on any atom is -0.365 e. The summed E-state index contributed by atoms with van der Waals surface area (Å²) in [7, 11) is 0. The number of benzene rings is 1. The number of hydrogen-bond acceptors (Lipinski definition) is 3. The van der Waals surface area contributed by atoms with Crippen LogP contribution in [0.25, 0.3) is 10.9 Å². The summed E-state index contributed by atoms with van der Waals surface area (Å²) >= 11 is 0. The van der Waals surface area contributed by atoms with E-state index < -0.39 is 0 Å². The van der Waals surface area contributed by atoms with E-state index in [1.54, 1.807) is 6.33 Å². The van der Waals surface area contributed by atoms with Crippen LogP contribution in [-0.2, 0) is 0 Å². The maximum atomic E-state index is 4.31. The summed E-state index contributed by atoms with van der Waals surface area (Å²) in [6.45, 7) is 8.44. The van der Waals surface area contributed by atoms with Crippen molar-refractivity contribution in [3.8, 4) is 0 Å². The van der Waals surface area contributed by atoms with Gasteiger partial charge in [0.1, 0.15) is 12.1 Å². The van der Waals surface area contributed by atoms with Crippen molar-refractivity contribution in [1.82, 2.24) is 9.97 Å². The third kappa shape index (κ3) is 2.30. The summed E-state index contributed by atoms with van der Waals surface area (Å²) < 4.78 is 0. The Hall–Kier alpha value is -1.64. The Balaban J connectivity index is 2.56. The van der Waals surface area contributed by atoms with Crippen molar-refractivity contribution in [1.29, 1.82) is 0 Å². The molecule has 0 aliphatic heterocycles. The van der Waals surface area contributed by atoms with Gasteiger partial charge in [-0.05, 0) is 39.8 Å². The number of anilines is 1. The Morgan fingerprint density at radius 3 is 2.56 bits per heavy atom. The molecule has 0 aliphatic rings. The predicted molar refractivity (Wildman–Crippen MR) is 67.7 cm³/mol. The fourth-order valence-electron chi connectivity index (χ4n) is 1.63. The van der Waals surface area contributed by atoms with Crippen molar-refractivity contribution >= 4 is 16.7 Å². The van der Waals surface area contributed by atoms with Gasteiger partial charge in [-0.2, -0.15) is 0 Å². The molecule has 0 spiro atoms. The predicted octanol–water partition coefficient (Wildman–Crippen LogP) is 3.15. The zero-order valence-corrected chi connectivity index (χ0v) is 10.2. The Labute approximate surface area is 95.9 Å². The molecule has 16 heavy (non-hydrogen) atoms. The van der Waals surface area contributed by atoms with Gasteiger partial charge in [0.25, 0.3) is 0 Å². The van der Waals surface area contributed by atoms with Crippen LogP contribution >= 0.6 is 0 Å². The molecule has 0 aliphatic carbocycles. The lowest BCUT2D eigenvalue weighted by Gasteiger charge is -2.22. The van der Waals surface area contributed by atoms with E-state index in [-0.39, 0.29) is 5.54 Å². The van der Waals surface area contributed by atoms with Crippen LogP contribution in [0.5, 0.6) is 0 Å². The lowest BCUT2D eigenvalue weighted by molar-refractivity contribution is 0.631. The second kappa shape index (κ2) is 3.74. The van der Waals surface area contributed by atoms with Crippen LogP contribution in [0.3, 0.4) is 0 Å². The number of hydrogen-bond donors (Lipinski definition) is 1. The van der Waals surface area contributed by atoms with Gasteiger partial charge in [-0.15, -0.1) is 0 Å². The molecule has 0 saturated carbocycles. The first kappa shape index (κ1) is 10.9. The molecule has 0 fully saturated rings. The SMILES string of the molecule is Cc1ccc2ncnc(NC(C)(C)C)c2c1. The second-order valence-electron chi connectivity index (χ2n) is 5.12. The van der Waals surface area contributed by atoms with Crippen molar-refractivity contribution in [2.24, 2.45) is 0 Å². The Morgan fingerprint density at radius 2 is 1.88 bits per heavy atom. The van der Waals surface area contributed by atoms with Crippen LogP contribution in [0.1, 0.15) is 26.3 Å². The average molecular weight is 215 g/mol. The summed E-state index contributed by atoms with van der Waals surface area (Å²) in [6.07, 6.45) is 1.60. The van der Waals surface area contributed by atoms with Crippen LogP contribution < -0.4 is 5.32 Å². The highest BCUT2D eigenvalue weighted by Crippen LogP contribution is 2.22. The van der Waals surface area contributed by atoms with Gasteiger partial charge in [0.2, 0.25) is 0 Å². The number of nitrogens with zero attached hydrogens (tertiary/aromatic N) is 2. The Morgan fingerprint density at radius 1 is 1.12 bits per heavy atom. The molecule has 0 amide bonds. The van der Waals surface area contributed by atoms with Gasteiger partial charge in [0, 0.05) is 10.9 Å². The Bertz CT molecular complexity index is 512. The number of aryl methyl sites for hydroxylation is 1. The van der Waals surface area contributed by atoms with Crippen molar-refractivity contribution in [3.05, 3.63) is 30.1 Å². The first-order valence-electron chi connectivity index (χ1n) is 5.45. The molecule has 84 valence electrons. The van der Waals surface area contributed by atoms with Crippen LogP contribution in [0.4, 0.5) is 5.82 Å². The molecule has 0 radical (unpaired) electrons. The topological polar surface area (TPSA) is 37.8 Å². The largest absolute Gasteiger partial charge is 0.365 e. The van der Waals surface area contributed by atoms with E-state index in [1.807, 2.05) is 6.07 Å². The highest BCUT2D eigenvalue weighted by molar-refractivity contribution is 5.89. The summed E-state index contributed by atoms with van der Waals surface area (Å²) in [5, 5.41) is 4.48. The number of nitrogens with one attached hydrogen (secondary N) is 1. The molecular weight excluding hydrogens is 198 g/mol. The van der Waals surface area contributed by atoms with E-state index in [0.717, 1.165) is 16.7 Å². The lowest BCUT2D eigenvalue weighted by atomic mass is 10.1. The molecule has 3 nitrogen and oxygen atoms in total. The summed E-state index contributed by atoms with van der Waals surface area (Å²) in [5.74, 6) is 0.904. The standard InChI is InChI=1S/C13H17N3/c1-9-5-6-11-10(7-9)12(15-8-14-11)16-13(2,3)4/h5-8H,1-4H3,(H,14,15,16). The Kier molecular flexibility index (Phi) is 2.54. The fourth-order valence-corrected chi connectivity index (χ4v) is 1.63. The molecule has 0 bridgehead atoms. The van der Waals surface area contributed by atoms with E-state index in [9.17, 15) is 0 Å². The minimum atomic E-state index is 0.00499. The van der Waals surface area contributed by atoms with Gasteiger partial charge in [0.15, 0.2) is 0 Å². The monoisotopic (exact) mass is 215 g/mol. The molecule has 1 aromatic carbocycles. The van der Waals surface area contributed by atoms with Crippen LogP contribution in [-0.4, -0.2) is 15.5 Å². The van der Waals surface area contributed by atoms with Gasteiger partial charge < -0.3 is 5.32 Å². The molecule has 1 heterocycles. The molecule has 2 rings (SSSR count). The van der Waals surface area contributed by atoms with Crippen molar-refractivity contribution in [3.63, 3.8) is 0 Å². The zero-order valence-electron chi connectivity index (χ0n) is 10.2. The first-order valence-corrected chi connectivity index (χ1v) is 5.45. The van der Waals surface area contributed by atoms with Gasteiger partial charge in [0.05, 0.1) is 5.52 Å². The van der Waals surface area contributed by atoms with Crippen molar-refractivity contribution < 1.29 is 0 Å². The maximum absolute atomic E-state index is 4.31. The molecule has 0 saturated heterocycles. The van der Waals surface area contributed by atoms with Gasteiger partial charge in [-0.25, -0.2) is 9.97 Å². The molecule has 0 unspecified atom stereocenters. The van der Waals surface area contributed by atoms with E-state index >= 15 is 0 Å². The van der Waals surface area contributed by atoms with Gasteiger partial charge >= 0.3 is 0 Å². The highest BCUT2D eigenvalue weighted by atomic mass is 15.1. The van der Waals surface area contributed by atoms with Crippen LogP contribution in [0.2, 0.25) is 0 Å². The molecule has 1 aromatic heterocycles. The smallest absolute Gasteiger partial charge is 0.137 e. The lowest BCUT2D eigenvalue weighted by Crippen LogP contribution is -2.26. The average Bonchev–Trinajstić information content (AvgIpc) is 2.17. The van der Waals surface area contributed by atoms with Crippen molar-refractivity contribution in [2.75, 3.05) is 5.32 Å². The maximum Gasteiger partial charge on any atom is 0.137 e. The molecule has 2 aromatic rings. The number of rotatable bonds is 1. The summed E-state index contributed by atoms with van der Waals surface area (Å²) in [6, 6.07) is 6.21. The first-order chi connectivity index (χ1) is 7.46. The normalized spacial score (nSPS) is 11.8. The highest BCUT2D eigenvalue weighted by Gasteiger charge is 2.12. The summed E-state index contributed by atoms with van der Waals surface area (Å²) in [4.78, 5) is 8.57. The van der Waals surface area contributed by atoms with E-state index in [2.05, 4.69) is 55.1 Å². The van der Waals surface area contributed by atoms with E-state index in [4.69, 9.17) is 0 Å². The summed E-state index contributed by atoms with van der Waals surface area (Å²) in [5.41, 5.74) is 2.21. The minimum absolute atomic E-state index is 0.00499. The second-order valence-corrected chi connectivity index (χ2v) is 5.12. The van der Waals surface area contributed by atoms with Crippen LogP contribution in [0, 0.1) is 6.92 Å². The number of aromatic nitrogens is 2. The van der Waals surface area contributed by atoms with Gasteiger partial charge in [-0.1, -0.05) is 11.6 Å². The third-order valence-corrected chi connectivity index (χ3v) is 2.28. The quantitative estimate of drug-likeness (QED) is 0.794. The molecule has 3 heteroatoms. The van der Waals surface area contributed by atoms with Gasteiger partial charge in [-0.3, -0.25) is 0 Å². The van der Waals surface area contributed by atoms with Crippen molar-refractivity contribution in [2.45, 2.75) is 33.2 Å². The molecule has 1 N–H and O–H groups in total. The van der Waals surface area contributed by atoms with E-state index in [1.165, 1.54) is 5.56 Å². The third-order valence-electron chi connectivity index (χ3n) is 2.28.